The van der Waals surface area contributed by atoms with E-state index in [1.54, 1.807) is 0 Å². The van der Waals surface area contributed by atoms with Gasteiger partial charge in [-0.05, 0) is 65.6 Å². The van der Waals surface area contributed by atoms with Gasteiger partial charge in [0.15, 0.2) is 0 Å². The van der Waals surface area contributed by atoms with Gasteiger partial charge in [0.05, 0.1) is 11.9 Å². The minimum Gasteiger partial charge on any atom is -0.381 e. The number of rotatable bonds is 2. The highest BCUT2D eigenvalue weighted by Crippen LogP contribution is 2.34. The Bertz CT molecular complexity index is 415. The fourth-order valence-electron chi connectivity index (χ4n) is 2.68. The lowest BCUT2D eigenvalue weighted by atomic mass is 9.85. The molecule has 1 aromatic rings. The molecular weight excluding hydrogens is 288 g/mol. The number of aryl methyl sites for hydroxylation is 1. The average molecular weight is 311 g/mol. The molecule has 0 bridgehead atoms. The van der Waals surface area contributed by atoms with E-state index >= 15 is 0 Å². The molecule has 2 rings (SSSR count). The smallest absolute Gasteiger partial charge is 0.109 e. The second-order valence-corrected chi connectivity index (χ2v) is 7.02. The molecule has 1 atom stereocenters. The van der Waals surface area contributed by atoms with E-state index < -0.39 is 0 Å². The monoisotopic (exact) mass is 310 g/mol. The Morgan fingerprint density at radius 2 is 2.11 bits per heavy atom. The summed E-state index contributed by atoms with van der Waals surface area (Å²) in [4.78, 5) is 4.35. The summed E-state index contributed by atoms with van der Waals surface area (Å²) >= 11 is 3.44. The highest BCUT2D eigenvalue weighted by molar-refractivity contribution is 9.10. The topological polar surface area (TPSA) is 24.9 Å². The van der Waals surface area contributed by atoms with Crippen LogP contribution in [0.1, 0.15) is 51.5 Å². The summed E-state index contributed by atoms with van der Waals surface area (Å²) in [6.07, 6.45) is 8.46. The molecule has 3 heteroatoms. The highest BCUT2D eigenvalue weighted by atomic mass is 79.9. The predicted molar refractivity (Wildman–Crippen MR) is 81.0 cm³/mol. The molecule has 1 N–H and O–H groups in total. The van der Waals surface area contributed by atoms with Crippen LogP contribution in [0.15, 0.2) is 16.9 Å². The molecule has 1 aliphatic rings. The first kappa shape index (κ1) is 13.9. The lowest BCUT2D eigenvalue weighted by molar-refractivity contribution is 0.313. The van der Waals surface area contributed by atoms with Gasteiger partial charge in [-0.25, -0.2) is 4.98 Å². The Balaban J connectivity index is 1.98. The third-order valence-corrected chi connectivity index (χ3v) is 4.79. The minimum atomic E-state index is 0.518. The molecular formula is C15H23BrN2. The summed E-state index contributed by atoms with van der Waals surface area (Å²) in [7, 11) is 0. The van der Waals surface area contributed by atoms with Crippen molar-refractivity contribution in [3.05, 3.63) is 22.4 Å². The van der Waals surface area contributed by atoms with E-state index in [1.165, 1.54) is 37.7 Å². The number of anilines is 1. The number of hydrogen-bond acceptors (Lipinski definition) is 2. The van der Waals surface area contributed by atoms with Gasteiger partial charge in [-0.2, -0.15) is 0 Å². The van der Waals surface area contributed by atoms with Gasteiger partial charge >= 0.3 is 0 Å². The normalized spacial score (nSPS) is 23.4. The van der Waals surface area contributed by atoms with E-state index in [0.717, 1.165) is 10.3 Å². The molecule has 0 aliphatic heterocycles. The fourth-order valence-corrected chi connectivity index (χ4v) is 2.90. The van der Waals surface area contributed by atoms with Crippen LogP contribution in [0.5, 0.6) is 0 Å². The lowest BCUT2D eigenvalue weighted by Gasteiger charge is -2.22. The quantitative estimate of drug-likeness (QED) is 0.619. The fraction of sp³-hybridized carbons (Fsp3) is 0.667. The zero-order valence-corrected chi connectivity index (χ0v) is 13.2. The minimum absolute atomic E-state index is 0.518. The maximum absolute atomic E-state index is 4.35. The summed E-state index contributed by atoms with van der Waals surface area (Å²) in [6, 6.07) is 2.78. The van der Waals surface area contributed by atoms with Gasteiger partial charge in [0.1, 0.15) is 4.60 Å². The average Bonchev–Trinajstić information content (AvgIpc) is 2.46. The van der Waals surface area contributed by atoms with Crippen LogP contribution in [0.25, 0.3) is 0 Å². The van der Waals surface area contributed by atoms with E-state index in [1.807, 2.05) is 6.20 Å². The molecule has 2 nitrogen and oxygen atoms in total. The Morgan fingerprint density at radius 3 is 2.83 bits per heavy atom. The van der Waals surface area contributed by atoms with Crippen molar-refractivity contribution in [2.45, 2.75) is 58.9 Å². The maximum atomic E-state index is 4.35. The molecule has 1 heterocycles. The molecule has 1 unspecified atom stereocenters. The van der Waals surface area contributed by atoms with Crippen molar-refractivity contribution in [1.82, 2.24) is 4.98 Å². The van der Waals surface area contributed by atoms with Crippen LogP contribution in [0.3, 0.4) is 0 Å². The van der Waals surface area contributed by atoms with Crippen molar-refractivity contribution >= 4 is 21.6 Å². The van der Waals surface area contributed by atoms with Crippen molar-refractivity contribution in [2.24, 2.45) is 5.41 Å². The van der Waals surface area contributed by atoms with Crippen LogP contribution in [0.4, 0.5) is 5.69 Å². The third-order valence-electron chi connectivity index (χ3n) is 3.96. The molecule has 0 saturated heterocycles. The van der Waals surface area contributed by atoms with E-state index in [9.17, 15) is 0 Å². The summed E-state index contributed by atoms with van der Waals surface area (Å²) in [5.41, 5.74) is 2.86. The Morgan fingerprint density at radius 1 is 1.33 bits per heavy atom. The van der Waals surface area contributed by atoms with Crippen molar-refractivity contribution in [1.29, 1.82) is 0 Å². The lowest BCUT2D eigenvalue weighted by Crippen LogP contribution is -2.19. The second kappa shape index (κ2) is 5.60. The number of aromatic nitrogens is 1. The van der Waals surface area contributed by atoms with Gasteiger partial charge in [-0.3, -0.25) is 0 Å². The number of nitrogens with one attached hydrogen (secondary N) is 1. The number of hydrogen-bond donors (Lipinski definition) is 1. The number of pyridine rings is 1. The number of nitrogens with zero attached hydrogens (tertiary/aromatic N) is 1. The summed E-state index contributed by atoms with van der Waals surface area (Å²) in [6.45, 7) is 6.86. The zero-order chi connectivity index (χ0) is 13.2. The Kier molecular flexibility index (Phi) is 4.31. The van der Waals surface area contributed by atoms with E-state index in [4.69, 9.17) is 0 Å². The molecule has 1 aromatic heterocycles. The summed E-state index contributed by atoms with van der Waals surface area (Å²) in [5.74, 6) is 0. The summed E-state index contributed by atoms with van der Waals surface area (Å²) in [5, 5.41) is 3.64. The SMILES string of the molecule is Cc1cc(NC2CCCC(C)(C)CC2)cnc1Br. The Labute approximate surface area is 119 Å². The van der Waals surface area contributed by atoms with E-state index in [0.29, 0.717) is 11.5 Å². The van der Waals surface area contributed by atoms with Crippen LogP contribution in [-0.4, -0.2) is 11.0 Å². The first-order chi connectivity index (χ1) is 8.46. The van der Waals surface area contributed by atoms with Crippen LogP contribution in [-0.2, 0) is 0 Å². The largest absolute Gasteiger partial charge is 0.381 e. The Hall–Kier alpha value is -0.570. The summed E-state index contributed by atoms with van der Waals surface area (Å²) < 4.78 is 0.940. The van der Waals surface area contributed by atoms with Gasteiger partial charge in [0, 0.05) is 6.04 Å². The van der Waals surface area contributed by atoms with Gasteiger partial charge in [-0.1, -0.05) is 20.3 Å². The van der Waals surface area contributed by atoms with E-state index in [2.05, 4.69) is 53.1 Å². The first-order valence-corrected chi connectivity index (χ1v) is 7.64. The van der Waals surface area contributed by atoms with Gasteiger partial charge < -0.3 is 5.32 Å². The van der Waals surface area contributed by atoms with Crippen molar-refractivity contribution in [3.8, 4) is 0 Å². The van der Waals surface area contributed by atoms with Crippen LogP contribution < -0.4 is 5.32 Å². The number of halogens is 1. The third kappa shape index (κ3) is 3.71. The molecule has 18 heavy (non-hydrogen) atoms. The molecule has 0 radical (unpaired) electrons. The van der Waals surface area contributed by atoms with Crippen LogP contribution >= 0.6 is 15.9 Å². The zero-order valence-electron chi connectivity index (χ0n) is 11.6. The van der Waals surface area contributed by atoms with Crippen molar-refractivity contribution in [2.75, 3.05) is 5.32 Å². The maximum Gasteiger partial charge on any atom is 0.109 e. The molecule has 0 spiro atoms. The van der Waals surface area contributed by atoms with Crippen LogP contribution in [0.2, 0.25) is 0 Å². The van der Waals surface area contributed by atoms with E-state index in [-0.39, 0.29) is 0 Å². The van der Waals surface area contributed by atoms with Crippen LogP contribution in [0, 0.1) is 12.3 Å². The van der Waals surface area contributed by atoms with Gasteiger partial charge in [-0.15, -0.1) is 0 Å². The van der Waals surface area contributed by atoms with Crippen molar-refractivity contribution < 1.29 is 0 Å². The van der Waals surface area contributed by atoms with Gasteiger partial charge in [0.25, 0.3) is 0 Å². The molecule has 1 aliphatic carbocycles. The molecule has 1 saturated carbocycles. The first-order valence-electron chi connectivity index (χ1n) is 6.85. The predicted octanol–water partition coefficient (Wildman–Crippen LogP) is 4.92. The molecule has 1 fully saturated rings. The van der Waals surface area contributed by atoms with Crippen molar-refractivity contribution in [3.63, 3.8) is 0 Å². The molecule has 0 aromatic carbocycles. The second-order valence-electron chi connectivity index (χ2n) is 6.27. The highest BCUT2D eigenvalue weighted by Gasteiger charge is 2.24. The molecule has 100 valence electrons. The van der Waals surface area contributed by atoms with Gasteiger partial charge in [0.2, 0.25) is 0 Å². The standard InChI is InChI=1S/C15H23BrN2/c1-11-9-13(10-17-14(11)16)18-12-5-4-7-15(2,3)8-6-12/h9-10,12,18H,4-8H2,1-3H3. The molecule has 0 amide bonds.